The van der Waals surface area contributed by atoms with E-state index in [0.29, 0.717) is 57.7 Å². The van der Waals surface area contributed by atoms with Gasteiger partial charge < -0.3 is 36.2 Å². The molecule has 0 spiro atoms. The predicted octanol–water partition coefficient (Wildman–Crippen LogP) is 2.07. The van der Waals surface area contributed by atoms with Crippen molar-refractivity contribution in [1.29, 1.82) is 0 Å². The number of amides is 6. The molecule has 1 aliphatic carbocycles. The Bertz CT molecular complexity index is 1090. The molecule has 2 aliphatic heterocycles. The molecule has 0 radical (unpaired) electrons. The largest absolute Gasteiger partial charge is 0.449 e. The van der Waals surface area contributed by atoms with Crippen molar-refractivity contribution in [3.05, 3.63) is 0 Å². The van der Waals surface area contributed by atoms with Gasteiger partial charge in [-0.05, 0) is 48.9 Å². The molecule has 1 unspecified atom stereocenters. The fourth-order valence-electron chi connectivity index (χ4n) is 5.86. The highest BCUT2D eigenvalue weighted by atomic mass is 16.6. The molecule has 13 nitrogen and oxygen atoms in total. The minimum atomic E-state index is -1.10. The molecule has 0 aromatic carbocycles. The molecule has 3 aliphatic rings. The molecule has 4 atom stereocenters. The molecule has 2 saturated heterocycles. The number of cyclic esters (lactones) is 1. The zero-order valence-electron chi connectivity index (χ0n) is 27.2. The van der Waals surface area contributed by atoms with Crippen LogP contribution in [0.3, 0.4) is 0 Å². The molecule has 6 amide bonds. The van der Waals surface area contributed by atoms with E-state index in [1.807, 2.05) is 41.5 Å². The van der Waals surface area contributed by atoms with E-state index in [0.717, 1.165) is 19.3 Å². The predicted molar refractivity (Wildman–Crippen MR) is 163 cm³/mol. The molecular weight excluding hydrogens is 568 g/mol. The van der Waals surface area contributed by atoms with E-state index in [1.165, 1.54) is 4.90 Å². The number of urea groups is 1. The van der Waals surface area contributed by atoms with Crippen LogP contribution in [0.4, 0.5) is 9.59 Å². The van der Waals surface area contributed by atoms with Gasteiger partial charge in [0.25, 0.3) is 5.91 Å². The number of ketones is 1. The number of hydrogen-bond donors (Lipinski definition) is 4. The Morgan fingerprint density at radius 2 is 1.59 bits per heavy atom. The van der Waals surface area contributed by atoms with Crippen molar-refractivity contribution in [3.63, 3.8) is 0 Å². The van der Waals surface area contributed by atoms with E-state index in [-0.39, 0.29) is 6.54 Å². The molecule has 1 saturated carbocycles. The average Bonchev–Trinajstić information content (AvgIpc) is 3.39. The van der Waals surface area contributed by atoms with Crippen LogP contribution in [0.1, 0.15) is 92.9 Å². The molecule has 3 fully saturated rings. The van der Waals surface area contributed by atoms with Crippen molar-refractivity contribution in [2.75, 3.05) is 26.2 Å². The number of carbonyl (C=O) groups is 6. The van der Waals surface area contributed by atoms with E-state index in [1.54, 1.807) is 4.90 Å². The summed E-state index contributed by atoms with van der Waals surface area (Å²) in [6.07, 6.45) is 5.52. The second-order valence-corrected chi connectivity index (χ2v) is 14.6. The number of Topliss-reactive ketones (excluding diaryl/α,β-unsaturated/α-hetero) is 1. The Morgan fingerprint density at radius 3 is 2.14 bits per heavy atom. The van der Waals surface area contributed by atoms with Gasteiger partial charge in [-0.25, -0.2) is 9.59 Å². The number of nitrogens with one attached hydrogen (secondary N) is 3. The van der Waals surface area contributed by atoms with Gasteiger partial charge in [-0.2, -0.15) is 0 Å². The highest BCUT2D eigenvalue weighted by Crippen LogP contribution is 2.31. The van der Waals surface area contributed by atoms with Crippen LogP contribution in [0, 0.1) is 16.7 Å². The lowest BCUT2D eigenvalue weighted by Crippen LogP contribution is -2.62. The average molecular weight is 621 g/mol. The highest BCUT2D eigenvalue weighted by Gasteiger charge is 2.43. The summed E-state index contributed by atoms with van der Waals surface area (Å²) in [7, 11) is 0. The van der Waals surface area contributed by atoms with Crippen molar-refractivity contribution in [1.82, 2.24) is 25.8 Å². The molecule has 3 rings (SSSR count). The second-order valence-electron chi connectivity index (χ2n) is 14.6. The summed E-state index contributed by atoms with van der Waals surface area (Å²) < 4.78 is 5.15. The summed E-state index contributed by atoms with van der Waals surface area (Å²) in [4.78, 5) is 80.3. The maximum absolute atomic E-state index is 14.0. The van der Waals surface area contributed by atoms with Gasteiger partial charge in [0, 0.05) is 19.6 Å². The maximum atomic E-state index is 14.0. The van der Waals surface area contributed by atoms with Crippen LogP contribution in [-0.4, -0.2) is 95.8 Å². The van der Waals surface area contributed by atoms with Crippen LogP contribution in [0.2, 0.25) is 0 Å². The zero-order valence-corrected chi connectivity index (χ0v) is 27.2. The molecule has 0 aromatic rings. The number of carbonyl (C=O) groups excluding carboxylic acids is 6. The lowest BCUT2D eigenvalue weighted by atomic mass is 9.81. The van der Waals surface area contributed by atoms with E-state index in [9.17, 15) is 28.8 Å². The first kappa shape index (κ1) is 35.1. The van der Waals surface area contributed by atoms with E-state index >= 15 is 0 Å². The maximum Gasteiger partial charge on any atom is 0.409 e. The van der Waals surface area contributed by atoms with E-state index < -0.39 is 70.6 Å². The van der Waals surface area contributed by atoms with Gasteiger partial charge >= 0.3 is 12.1 Å². The van der Waals surface area contributed by atoms with Crippen molar-refractivity contribution in [2.45, 2.75) is 117 Å². The van der Waals surface area contributed by atoms with Gasteiger partial charge in [-0.3, -0.25) is 19.2 Å². The molecule has 0 bridgehead atoms. The first-order valence-electron chi connectivity index (χ1n) is 15.9. The molecule has 0 aromatic heterocycles. The van der Waals surface area contributed by atoms with Crippen LogP contribution in [0.25, 0.3) is 0 Å². The summed E-state index contributed by atoms with van der Waals surface area (Å²) in [6.45, 7) is 12.8. The molecule has 44 heavy (non-hydrogen) atoms. The summed E-state index contributed by atoms with van der Waals surface area (Å²) in [6, 6.07) is -3.86. The quantitative estimate of drug-likeness (QED) is 0.241. The van der Waals surface area contributed by atoms with Crippen molar-refractivity contribution in [2.24, 2.45) is 22.5 Å². The highest BCUT2D eigenvalue weighted by molar-refractivity contribution is 6.37. The van der Waals surface area contributed by atoms with Gasteiger partial charge in [0.05, 0.1) is 18.7 Å². The van der Waals surface area contributed by atoms with Gasteiger partial charge in [-0.15, -0.1) is 0 Å². The first-order valence-corrected chi connectivity index (χ1v) is 15.9. The topological polar surface area (TPSA) is 180 Å². The van der Waals surface area contributed by atoms with Crippen LogP contribution in [-0.2, 0) is 23.9 Å². The van der Waals surface area contributed by atoms with Crippen molar-refractivity contribution >= 4 is 35.6 Å². The minimum Gasteiger partial charge on any atom is -0.449 e. The van der Waals surface area contributed by atoms with Gasteiger partial charge in [0.1, 0.15) is 12.1 Å². The molecule has 13 heteroatoms. The summed E-state index contributed by atoms with van der Waals surface area (Å²) in [5.74, 6) is -2.40. The SMILES string of the molecule is CC(C)(C)[C@H](NC(=O)N[C@H](CN1CCCOC1=O)C(C)(C)C)C(=O)N1CCC[C@H]1C(=O)NC(CCC1CCC1)C(=O)C(N)=O. The lowest BCUT2D eigenvalue weighted by molar-refractivity contribution is -0.143. The molecule has 2 heterocycles. The summed E-state index contributed by atoms with van der Waals surface area (Å²) >= 11 is 0. The van der Waals surface area contributed by atoms with Gasteiger partial charge in [-0.1, -0.05) is 60.8 Å². The lowest BCUT2D eigenvalue weighted by Gasteiger charge is -2.38. The Kier molecular flexibility index (Phi) is 11.6. The van der Waals surface area contributed by atoms with Crippen molar-refractivity contribution in [3.8, 4) is 0 Å². The van der Waals surface area contributed by atoms with E-state index in [2.05, 4.69) is 16.0 Å². The number of hydrogen-bond acceptors (Lipinski definition) is 7. The van der Waals surface area contributed by atoms with Crippen molar-refractivity contribution < 1.29 is 33.5 Å². The molecule has 248 valence electrons. The fraction of sp³-hybridized carbons (Fsp3) is 0.806. The number of ether oxygens (including phenoxy) is 1. The number of likely N-dealkylation sites (tertiary alicyclic amines) is 1. The third-order valence-corrected chi connectivity index (χ3v) is 9.00. The zero-order chi connectivity index (χ0) is 32.8. The number of nitrogens with two attached hydrogens (primary N) is 1. The first-order chi connectivity index (χ1) is 20.5. The third kappa shape index (κ3) is 9.31. The number of primary amides is 1. The molecular formula is C31H52N6O7. The van der Waals surface area contributed by atoms with E-state index in [4.69, 9.17) is 10.5 Å². The minimum absolute atomic E-state index is 0.254. The fourth-order valence-corrected chi connectivity index (χ4v) is 5.86. The monoisotopic (exact) mass is 620 g/mol. The molecule has 5 N–H and O–H groups in total. The normalized spacial score (nSPS) is 21.4. The number of nitrogens with zero attached hydrogens (tertiary/aromatic N) is 2. The van der Waals surface area contributed by atoms with Crippen LogP contribution in [0.15, 0.2) is 0 Å². The van der Waals surface area contributed by atoms with Gasteiger partial charge in [0.15, 0.2) is 0 Å². The van der Waals surface area contributed by atoms with Gasteiger partial charge in [0.2, 0.25) is 17.6 Å². The smallest absolute Gasteiger partial charge is 0.409 e. The summed E-state index contributed by atoms with van der Waals surface area (Å²) in [5.41, 5.74) is 4.15. The van der Waals surface area contributed by atoms with Crippen LogP contribution < -0.4 is 21.7 Å². The Hall–Kier alpha value is -3.38. The Labute approximate surface area is 260 Å². The third-order valence-electron chi connectivity index (χ3n) is 9.00. The Balaban J connectivity index is 1.70. The second kappa shape index (κ2) is 14.6. The Morgan fingerprint density at radius 1 is 0.909 bits per heavy atom. The standard InChI is InChI=1S/C31H52N6O7/c1-30(2,3)22(18-36-15-9-17-44-29(36)43)34-28(42)35-24(31(4,5)6)27(41)37-16-8-12-21(37)26(40)33-20(23(38)25(32)39)14-13-19-10-7-11-19/h19-22,24H,7-18H2,1-6H3,(H2,32,39)(H,33,40)(H2,34,35,42)/t20?,21-,22+,24+/m0/s1. The summed E-state index contributed by atoms with van der Waals surface area (Å²) in [5, 5.41) is 8.51. The number of rotatable bonds is 12. The van der Waals surface area contributed by atoms with Crippen LogP contribution in [0.5, 0.6) is 0 Å². The van der Waals surface area contributed by atoms with Crippen LogP contribution >= 0.6 is 0 Å².